The molecule has 0 N–H and O–H groups in total. The normalized spacial score (nSPS) is 20.4. The average molecular weight is 417 g/mol. The lowest BCUT2D eigenvalue weighted by molar-refractivity contribution is -0.0440. The van der Waals surface area contributed by atoms with Crippen LogP contribution in [-0.4, -0.2) is 55.4 Å². The summed E-state index contributed by atoms with van der Waals surface area (Å²) in [6, 6.07) is 16.0. The third kappa shape index (κ3) is 5.04. The Morgan fingerprint density at radius 2 is 1.62 bits per heavy atom. The molecule has 2 atom stereocenters. The van der Waals surface area contributed by atoms with Gasteiger partial charge in [0, 0.05) is 31.7 Å². The molecular formula is C22H28N2O4S. The standard InChI is InChI=1S/C22H28N2O4S/c1-4-23(16-19-8-6-5-7-9-19)22(25)20-10-12-21(13-11-20)29(26,27)24-14-17(2)28-18(3)15-24/h5-13,17-18H,4,14-16H2,1-3H3/t17-,18-/m1/s1. The first-order valence-corrected chi connectivity index (χ1v) is 11.3. The van der Waals surface area contributed by atoms with E-state index < -0.39 is 10.0 Å². The molecule has 6 nitrogen and oxygen atoms in total. The fourth-order valence-electron chi connectivity index (χ4n) is 3.56. The van der Waals surface area contributed by atoms with E-state index in [0.29, 0.717) is 31.7 Å². The maximum atomic E-state index is 13.0. The van der Waals surface area contributed by atoms with Crippen molar-refractivity contribution in [2.75, 3.05) is 19.6 Å². The molecule has 0 spiro atoms. The van der Waals surface area contributed by atoms with Crippen molar-refractivity contribution in [2.45, 2.75) is 44.4 Å². The molecule has 0 aliphatic carbocycles. The molecule has 1 aliphatic heterocycles. The maximum absolute atomic E-state index is 13.0. The number of hydrogen-bond acceptors (Lipinski definition) is 4. The van der Waals surface area contributed by atoms with E-state index in [4.69, 9.17) is 4.74 Å². The van der Waals surface area contributed by atoms with Crippen molar-refractivity contribution in [2.24, 2.45) is 0 Å². The minimum Gasteiger partial charge on any atom is -0.373 e. The monoisotopic (exact) mass is 416 g/mol. The molecular weight excluding hydrogens is 388 g/mol. The van der Waals surface area contributed by atoms with Gasteiger partial charge in [-0.1, -0.05) is 30.3 Å². The van der Waals surface area contributed by atoms with Gasteiger partial charge in [0.2, 0.25) is 10.0 Å². The number of benzene rings is 2. The Balaban J connectivity index is 1.75. The highest BCUT2D eigenvalue weighted by Gasteiger charge is 2.32. The van der Waals surface area contributed by atoms with Gasteiger partial charge in [0.25, 0.3) is 5.91 Å². The summed E-state index contributed by atoms with van der Waals surface area (Å²) in [5.74, 6) is -0.117. The van der Waals surface area contributed by atoms with Gasteiger partial charge in [0.15, 0.2) is 0 Å². The smallest absolute Gasteiger partial charge is 0.254 e. The molecule has 0 saturated carbocycles. The van der Waals surface area contributed by atoms with Crippen molar-refractivity contribution in [3.63, 3.8) is 0 Å². The molecule has 3 rings (SSSR count). The van der Waals surface area contributed by atoms with Crippen LogP contribution in [0.15, 0.2) is 59.5 Å². The maximum Gasteiger partial charge on any atom is 0.254 e. The summed E-state index contributed by atoms with van der Waals surface area (Å²) in [4.78, 5) is 14.8. The molecule has 0 aromatic heterocycles. The molecule has 2 aromatic carbocycles. The zero-order valence-electron chi connectivity index (χ0n) is 17.1. The highest BCUT2D eigenvalue weighted by molar-refractivity contribution is 7.89. The van der Waals surface area contributed by atoms with Gasteiger partial charge in [-0.25, -0.2) is 8.42 Å². The fraction of sp³-hybridized carbons (Fsp3) is 0.409. The SMILES string of the molecule is CCN(Cc1ccccc1)C(=O)c1ccc(S(=O)(=O)N2C[C@@H](C)O[C@H](C)C2)cc1. The van der Waals surface area contributed by atoms with Gasteiger partial charge in [0.1, 0.15) is 0 Å². The van der Waals surface area contributed by atoms with Gasteiger partial charge in [-0.2, -0.15) is 4.31 Å². The van der Waals surface area contributed by atoms with Crippen molar-refractivity contribution < 1.29 is 17.9 Å². The minimum atomic E-state index is -3.62. The van der Waals surface area contributed by atoms with Crippen LogP contribution in [0.5, 0.6) is 0 Å². The van der Waals surface area contributed by atoms with E-state index in [1.54, 1.807) is 17.0 Å². The highest BCUT2D eigenvalue weighted by Crippen LogP contribution is 2.22. The van der Waals surface area contributed by atoms with Gasteiger partial charge < -0.3 is 9.64 Å². The molecule has 1 heterocycles. The number of sulfonamides is 1. The van der Waals surface area contributed by atoms with Gasteiger partial charge in [0.05, 0.1) is 17.1 Å². The first-order chi connectivity index (χ1) is 13.8. The Kier molecular flexibility index (Phi) is 6.72. The number of amides is 1. The van der Waals surface area contributed by atoms with Crippen LogP contribution in [0.4, 0.5) is 0 Å². The van der Waals surface area contributed by atoms with Gasteiger partial charge in [-0.05, 0) is 50.6 Å². The number of carbonyl (C=O) groups excluding carboxylic acids is 1. The molecule has 29 heavy (non-hydrogen) atoms. The summed E-state index contributed by atoms with van der Waals surface area (Å²) in [6.45, 7) is 7.40. The second-order valence-electron chi connectivity index (χ2n) is 7.41. The number of nitrogens with zero attached hydrogens (tertiary/aromatic N) is 2. The largest absolute Gasteiger partial charge is 0.373 e. The summed E-state index contributed by atoms with van der Waals surface area (Å²) >= 11 is 0. The fourth-order valence-corrected chi connectivity index (χ4v) is 5.15. The third-order valence-electron chi connectivity index (χ3n) is 5.01. The molecule has 1 aliphatic rings. The molecule has 1 fully saturated rings. The van der Waals surface area contributed by atoms with E-state index >= 15 is 0 Å². The first-order valence-electron chi connectivity index (χ1n) is 9.90. The van der Waals surface area contributed by atoms with Crippen LogP contribution < -0.4 is 0 Å². The average Bonchev–Trinajstić information content (AvgIpc) is 2.71. The Morgan fingerprint density at radius 3 is 2.17 bits per heavy atom. The molecule has 0 bridgehead atoms. The number of carbonyl (C=O) groups is 1. The van der Waals surface area contributed by atoms with E-state index in [1.807, 2.05) is 51.1 Å². The van der Waals surface area contributed by atoms with Crippen LogP contribution in [0.2, 0.25) is 0 Å². The lowest BCUT2D eigenvalue weighted by Crippen LogP contribution is -2.48. The van der Waals surface area contributed by atoms with Crippen LogP contribution in [0.1, 0.15) is 36.7 Å². The van der Waals surface area contributed by atoms with Crippen molar-refractivity contribution in [3.8, 4) is 0 Å². The number of morpholine rings is 1. The molecule has 0 radical (unpaired) electrons. The quantitative estimate of drug-likeness (QED) is 0.726. The van der Waals surface area contributed by atoms with Gasteiger partial charge in [-0.15, -0.1) is 0 Å². The topological polar surface area (TPSA) is 66.9 Å². The predicted octanol–water partition coefficient (Wildman–Crippen LogP) is 3.15. The van der Waals surface area contributed by atoms with Crippen molar-refractivity contribution >= 4 is 15.9 Å². The van der Waals surface area contributed by atoms with Crippen LogP contribution in [0.3, 0.4) is 0 Å². The summed E-state index contributed by atoms with van der Waals surface area (Å²) in [7, 11) is -3.62. The van der Waals surface area contributed by atoms with Gasteiger partial charge >= 0.3 is 0 Å². The van der Waals surface area contributed by atoms with Crippen molar-refractivity contribution in [1.29, 1.82) is 0 Å². The molecule has 156 valence electrons. The van der Waals surface area contributed by atoms with Crippen molar-refractivity contribution in [1.82, 2.24) is 9.21 Å². The second kappa shape index (κ2) is 9.07. The van der Waals surface area contributed by atoms with Crippen LogP contribution in [0.25, 0.3) is 0 Å². The summed E-state index contributed by atoms with van der Waals surface area (Å²) in [5, 5.41) is 0. The van der Waals surface area contributed by atoms with E-state index in [1.165, 1.54) is 16.4 Å². The summed E-state index contributed by atoms with van der Waals surface area (Å²) in [6.07, 6.45) is -0.295. The summed E-state index contributed by atoms with van der Waals surface area (Å²) < 4.78 is 33.0. The number of hydrogen-bond donors (Lipinski definition) is 0. The minimum absolute atomic E-state index is 0.117. The first kappa shape index (κ1) is 21.5. The van der Waals surface area contributed by atoms with E-state index in [0.717, 1.165) is 5.56 Å². The Bertz CT molecular complexity index is 919. The highest BCUT2D eigenvalue weighted by atomic mass is 32.2. The van der Waals surface area contributed by atoms with E-state index in [9.17, 15) is 13.2 Å². The van der Waals surface area contributed by atoms with Crippen LogP contribution >= 0.6 is 0 Å². The molecule has 2 aromatic rings. The third-order valence-corrected chi connectivity index (χ3v) is 6.86. The zero-order chi connectivity index (χ0) is 21.0. The Morgan fingerprint density at radius 1 is 1.03 bits per heavy atom. The predicted molar refractivity (Wildman–Crippen MR) is 112 cm³/mol. The zero-order valence-corrected chi connectivity index (χ0v) is 17.9. The molecule has 1 saturated heterocycles. The lowest BCUT2D eigenvalue weighted by atomic mass is 10.1. The number of rotatable bonds is 6. The Labute approximate surface area is 173 Å². The van der Waals surface area contributed by atoms with E-state index in [2.05, 4.69) is 0 Å². The lowest BCUT2D eigenvalue weighted by Gasteiger charge is -2.34. The number of ether oxygens (including phenoxy) is 1. The molecule has 0 unspecified atom stereocenters. The molecule has 7 heteroatoms. The molecule has 1 amide bonds. The van der Waals surface area contributed by atoms with Crippen LogP contribution in [0, 0.1) is 0 Å². The van der Waals surface area contributed by atoms with E-state index in [-0.39, 0.29) is 23.0 Å². The Hall–Kier alpha value is -2.22. The van der Waals surface area contributed by atoms with Crippen LogP contribution in [-0.2, 0) is 21.3 Å². The van der Waals surface area contributed by atoms with Gasteiger partial charge in [-0.3, -0.25) is 4.79 Å². The van der Waals surface area contributed by atoms with Crippen molar-refractivity contribution in [3.05, 3.63) is 65.7 Å². The second-order valence-corrected chi connectivity index (χ2v) is 9.35. The summed E-state index contributed by atoms with van der Waals surface area (Å²) in [5.41, 5.74) is 1.53.